The van der Waals surface area contributed by atoms with Crippen molar-refractivity contribution in [1.82, 2.24) is 14.7 Å². The van der Waals surface area contributed by atoms with E-state index in [1.165, 1.54) is 9.80 Å². The molecule has 38 heavy (non-hydrogen) atoms. The molecule has 0 spiro atoms. The van der Waals surface area contributed by atoms with Crippen LogP contribution in [0, 0.1) is 0 Å². The van der Waals surface area contributed by atoms with Crippen LogP contribution in [0.25, 0.3) is 11.1 Å². The molecule has 0 bridgehead atoms. The van der Waals surface area contributed by atoms with E-state index in [1.54, 1.807) is 31.6 Å². The summed E-state index contributed by atoms with van der Waals surface area (Å²) in [6, 6.07) is 3.12. The molecule has 1 aliphatic carbocycles. The number of fused-ring (bicyclic) bond motifs is 1. The lowest BCUT2D eigenvalue weighted by Gasteiger charge is -2.36. The maximum atomic E-state index is 15.3. The Labute approximate surface area is 222 Å². The van der Waals surface area contributed by atoms with Gasteiger partial charge in [0.25, 0.3) is 0 Å². The molecule has 10 heteroatoms. The summed E-state index contributed by atoms with van der Waals surface area (Å²) in [7, 11) is 0. The maximum absolute atomic E-state index is 15.3. The lowest BCUT2D eigenvalue weighted by Crippen LogP contribution is -2.47. The van der Waals surface area contributed by atoms with Gasteiger partial charge in [-0.2, -0.15) is 5.10 Å². The quantitative estimate of drug-likeness (QED) is 0.537. The van der Waals surface area contributed by atoms with Crippen LogP contribution >= 0.6 is 0 Å². The minimum Gasteiger partial charge on any atom is -0.489 e. The number of amides is 2. The van der Waals surface area contributed by atoms with Crippen molar-refractivity contribution in [2.24, 2.45) is 0 Å². The Hall–Kier alpha value is -3.30. The number of aromatic nitrogens is 2. The van der Waals surface area contributed by atoms with E-state index in [9.17, 15) is 14.7 Å². The van der Waals surface area contributed by atoms with Crippen molar-refractivity contribution in [2.75, 3.05) is 18.0 Å². The second-order valence-corrected chi connectivity index (χ2v) is 11.7. The van der Waals surface area contributed by atoms with Gasteiger partial charge in [-0.25, -0.2) is 14.0 Å². The van der Waals surface area contributed by atoms with Gasteiger partial charge in [0.05, 0.1) is 30.6 Å². The van der Waals surface area contributed by atoms with Crippen LogP contribution in [0.1, 0.15) is 71.4 Å². The molecule has 1 saturated carbocycles. The summed E-state index contributed by atoms with van der Waals surface area (Å²) in [6.45, 7) is 7.63. The molecule has 1 aromatic heterocycles. The highest BCUT2D eigenvalue weighted by Crippen LogP contribution is 2.45. The van der Waals surface area contributed by atoms with E-state index in [0.717, 1.165) is 42.4 Å². The van der Waals surface area contributed by atoms with Gasteiger partial charge in [-0.05, 0) is 78.4 Å². The molecule has 3 atom stereocenters. The Balaban J connectivity index is 1.40. The number of anilines is 1. The zero-order chi connectivity index (χ0) is 27.2. The summed E-state index contributed by atoms with van der Waals surface area (Å²) in [5, 5.41) is 14.4. The molecule has 2 aromatic rings. The van der Waals surface area contributed by atoms with E-state index >= 15 is 4.39 Å². The van der Waals surface area contributed by atoms with Crippen molar-refractivity contribution in [3.63, 3.8) is 0 Å². The number of piperidine rings is 1. The molecule has 3 heterocycles. The number of carbonyl (C=O) groups is 2. The van der Waals surface area contributed by atoms with Gasteiger partial charge in [-0.3, -0.25) is 9.58 Å². The standard InChI is InChI=1S/C28H37FN4O5/c1-17-8-9-21-23(33(17)26(34)35)11-10-20(25(21)37-19-6-5-7-19)18-14-30-32(15-18)24-12-13-31(16-22(24)29)27(36)38-28(2,3)4/h10-11,14-15,17,19,22,24H,5-9,12-13,16H2,1-4H3,(H,34,35)/t17?,22-,24+/m0/s1. The van der Waals surface area contributed by atoms with Crippen LogP contribution in [0.15, 0.2) is 24.5 Å². The third-order valence-corrected chi connectivity index (χ3v) is 7.70. The molecule has 3 aliphatic rings. The van der Waals surface area contributed by atoms with Crippen LogP contribution in [0.3, 0.4) is 0 Å². The SMILES string of the molecule is CC1CCc2c(ccc(-c3cnn([C@@H]4CCN(C(=O)OC(C)(C)C)C[C@@H]4F)c3)c2OC2CCC2)N1C(=O)O. The van der Waals surface area contributed by atoms with Crippen molar-refractivity contribution in [3.05, 3.63) is 30.1 Å². The Morgan fingerprint density at radius 3 is 2.55 bits per heavy atom. The lowest BCUT2D eigenvalue weighted by atomic mass is 9.91. The van der Waals surface area contributed by atoms with Crippen LogP contribution in [0.4, 0.5) is 19.7 Å². The van der Waals surface area contributed by atoms with Gasteiger partial charge in [-0.1, -0.05) is 0 Å². The fraction of sp³-hybridized carbons (Fsp3) is 0.607. The lowest BCUT2D eigenvalue weighted by molar-refractivity contribution is 0.00575. The number of hydrogen-bond donors (Lipinski definition) is 1. The highest BCUT2D eigenvalue weighted by molar-refractivity contribution is 5.91. The van der Waals surface area contributed by atoms with E-state index in [1.807, 2.05) is 25.3 Å². The first-order chi connectivity index (χ1) is 18.0. The number of alkyl halides is 1. The Morgan fingerprint density at radius 2 is 1.92 bits per heavy atom. The van der Waals surface area contributed by atoms with Crippen LogP contribution < -0.4 is 9.64 Å². The zero-order valence-electron chi connectivity index (χ0n) is 22.5. The van der Waals surface area contributed by atoms with Gasteiger partial charge in [-0.15, -0.1) is 0 Å². The smallest absolute Gasteiger partial charge is 0.412 e. The van der Waals surface area contributed by atoms with E-state index < -0.39 is 30.0 Å². The number of nitrogens with zero attached hydrogens (tertiary/aromatic N) is 4. The van der Waals surface area contributed by atoms with Gasteiger partial charge in [0.15, 0.2) is 0 Å². The maximum Gasteiger partial charge on any atom is 0.412 e. The molecule has 1 unspecified atom stereocenters. The summed E-state index contributed by atoms with van der Waals surface area (Å²) < 4.78 is 28.8. The van der Waals surface area contributed by atoms with Crippen LogP contribution in [-0.4, -0.2) is 69.0 Å². The topological polar surface area (TPSA) is 97.1 Å². The van der Waals surface area contributed by atoms with E-state index in [4.69, 9.17) is 9.47 Å². The van der Waals surface area contributed by atoms with Crippen molar-refractivity contribution in [3.8, 4) is 16.9 Å². The molecule has 2 amide bonds. The molecule has 9 nitrogen and oxygen atoms in total. The monoisotopic (exact) mass is 528 g/mol. The minimum absolute atomic E-state index is 0.0487. The molecule has 206 valence electrons. The molecular weight excluding hydrogens is 491 g/mol. The first-order valence-corrected chi connectivity index (χ1v) is 13.5. The largest absolute Gasteiger partial charge is 0.489 e. The van der Waals surface area contributed by atoms with Crippen molar-refractivity contribution < 1.29 is 28.6 Å². The molecule has 1 N–H and O–H groups in total. The first kappa shape index (κ1) is 26.3. The summed E-state index contributed by atoms with van der Waals surface area (Å²) in [5.41, 5.74) is 2.56. The third-order valence-electron chi connectivity index (χ3n) is 7.70. The fourth-order valence-corrected chi connectivity index (χ4v) is 5.45. The van der Waals surface area contributed by atoms with Gasteiger partial charge < -0.3 is 19.5 Å². The predicted octanol–water partition coefficient (Wildman–Crippen LogP) is 5.82. The van der Waals surface area contributed by atoms with Crippen molar-refractivity contribution >= 4 is 17.9 Å². The molecule has 0 radical (unpaired) electrons. The highest BCUT2D eigenvalue weighted by Gasteiger charge is 2.36. The van der Waals surface area contributed by atoms with Gasteiger partial charge >= 0.3 is 12.2 Å². The fourth-order valence-electron chi connectivity index (χ4n) is 5.45. The van der Waals surface area contributed by atoms with Gasteiger partial charge in [0.2, 0.25) is 0 Å². The Bertz CT molecular complexity index is 1200. The molecule has 2 fully saturated rings. The highest BCUT2D eigenvalue weighted by atomic mass is 19.1. The van der Waals surface area contributed by atoms with Crippen LogP contribution in [-0.2, 0) is 11.2 Å². The van der Waals surface area contributed by atoms with Gasteiger partial charge in [0.1, 0.15) is 17.5 Å². The number of hydrogen-bond acceptors (Lipinski definition) is 5. The number of benzene rings is 1. The van der Waals surface area contributed by atoms with Crippen molar-refractivity contribution in [1.29, 1.82) is 0 Å². The predicted molar refractivity (Wildman–Crippen MR) is 141 cm³/mol. The number of carboxylic acid groups (broad SMARTS) is 1. The summed E-state index contributed by atoms with van der Waals surface area (Å²) in [6.07, 6.45) is 5.80. The van der Waals surface area contributed by atoms with Gasteiger partial charge in [0, 0.05) is 35.5 Å². The van der Waals surface area contributed by atoms with E-state index in [0.29, 0.717) is 30.8 Å². The average molecular weight is 529 g/mol. The number of rotatable bonds is 4. The molecule has 5 rings (SSSR count). The average Bonchev–Trinajstić information content (AvgIpc) is 3.29. The molecule has 2 aliphatic heterocycles. The molecule has 1 saturated heterocycles. The van der Waals surface area contributed by atoms with Crippen LogP contribution in [0.2, 0.25) is 0 Å². The number of halogens is 1. The Kier molecular flexibility index (Phi) is 7.00. The summed E-state index contributed by atoms with van der Waals surface area (Å²) in [4.78, 5) is 27.3. The first-order valence-electron chi connectivity index (χ1n) is 13.5. The van der Waals surface area contributed by atoms with Crippen LogP contribution in [0.5, 0.6) is 5.75 Å². The third kappa shape index (κ3) is 5.17. The number of carbonyl (C=O) groups excluding carboxylic acids is 1. The normalized spacial score (nSPS) is 24.0. The summed E-state index contributed by atoms with van der Waals surface area (Å²) in [5.74, 6) is 0.710. The molecule has 1 aromatic carbocycles. The second kappa shape index (κ2) is 10.1. The minimum atomic E-state index is -1.29. The summed E-state index contributed by atoms with van der Waals surface area (Å²) >= 11 is 0. The van der Waals surface area contributed by atoms with E-state index in [2.05, 4.69) is 5.10 Å². The second-order valence-electron chi connectivity index (χ2n) is 11.7. The van der Waals surface area contributed by atoms with E-state index in [-0.39, 0.29) is 18.7 Å². The van der Waals surface area contributed by atoms with Crippen molar-refractivity contribution in [2.45, 2.75) is 96.2 Å². The number of likely N-dealkylation sites (tertiary alicyclic amines) is 1. The number of ether oxygens (including phenoxy) is 2. The Morgan fingerprint density at radius 1 is 1.16 bits per heavy atom. The zero-order valence-corrected chi connectivity index (χ0v) is 22.5. The molecular formula is C28H37FN4O5.